The van der Waals surface area contributed by atoms with Crippen LogP contribution < -0.4 is 5.32 Å². The van der Waals surface area contributed by atoms with Gasteiger partial charge in [0.15, 0.2) is 0 Å². The van der Waals surface area contributed by atoms with Crippen LogP contribution >= 0.6 is 0 Å². The minimum absolute atomic E-state index is 0.567. The Morgan fingerprint density at radius 3 is 2.45 bits per heavy atom. The van der Waals surface area contributed by atoms with Gasteiger partial charge in [0.25, 0.3) is 0 Å². The second-order valence-electron chi connectivity index (χ2n) is 5.87. The van der Waals surface area contributed by atoms with Gasteiger partial charge in [-0.25, -0.2) is 5.32 Å². The molecule has 1 saturated heterocycles. The molecule has 1 fully saturated rings. The van der Waals surface area contributed by atoms with Crippen molar-refractivity contribution in [3.8, 4) is 0 Å². The van der Waals surface area contributed by atoms with Gasteiger partial charge in [0.1, 0.15) is 0 Å². The van der Waals surface area contributed by atoms with Crippen molar-refractivity contribution in [2.75, 3.05) is 32.7 Å². The van der Waals surface area contributed by atoms with Crippen LogP contribution in [0, 0.1) is 0 Å². The number of aryl methyl sites for hydroxylation is 1. The number of benzene rings is 1. The maximum absolute atomic E-state index is 12.5. The molecule has 1 aliphatic heterocycles. The van der Waals surface area contributed by atoms with Crippen molar-refractivity contribution < 1.29 is 13.2 Å². The topological polar surface area (TPSA) is 17.3 Å². The first kappa shape index (κ1) is 17.3. The number of hydrogen-bond acceptors (Lipinski definition) is 1. The van der Waals surface area contributed by atoms with E-state index in [-0.39, 0.29) is 0 Å². The minimum Gasteiger partial charge on any atom is -0.302 e. The fourth-order valence-corrected chi connectivity index (χ4v) is 2.77. The molecule has 0 amide bonds. The van der Waals surface area contributed by atoms with E-state index in [0.29, 0.717) is 0 Å². The van der Waals surface area contributed by atoms with Gasteiger partial charge in [-0.3, -0.25) is 0 Å². The molecule has 1 aliphatic rings. The fraction of sp³-hybridized carbons (Fsp3) is 0.647. The lowest BCUT2D eigenvalue weighted by Crippen LogP contribution is -2.28. The quantitative estimate of drug-likeness (QED) is 0.732. The third-order valence-electron chi connectivity index (χ3n) is 4.09. The molecule has 1 aromatic carbocycles. The summed E-state index contributed by atoms with van der Waals surface area (Å²) in [6, 6.07) is 5.55. The molecule has 0 spiro atoms. The van der Waals surface area contributed by atoms with Crippen molar-refractivity contribution >= 4 is 0 Å². The molecule has 1 heterocycles. The number of halogens is 3. The average molecular weight is 313 g/mol. The van der Waals surface area contributed by atoms with Gasteiger partial charge in [0.05, 0.1) is 5.56 Å². The Kier molecular flexibility index (Phi) is 6.70. The minimum atomic E-state index is -4.24. The summed E-state index contributed by atoms with van der Waals surface area (Å²) in [5.74, 6) is 0. The average Bonchev–Trinajstić information content (AvgIpc) is 2.75. The van der Waals surface area contributed by atoms with Crippen molar-refractivity contribution in [2.24, 2.45) is 0 Å². The van der Waals surface area contributed by atoms with Gasteiger partial charge in [-0.05, 0) is 56.5 Å². The van der Waals surface area contributed by atoms with Crippen molar-refractivity contribution in [3.05, 3.63) is 35.4 Å². The maximum Gasteiger partial charge on any atom is 0.416 e. The van der Waals surface area contributed by atoms with Gasteiger partial charge in [0, 0.05) is 19.6 Å². The summed E-state index contributed by atoms with van der Waals surface area (Å²) in [6.07, 6.45) is 1.08. The normalized spacial score (nSPS) is 17.4. The number of nitrogens with zero attached hydrogens (tertiary/aromatic N) is 2. The number of alkyl halides is 3. The van der Waals surface area contributed by atoms with Crippen LogP contribution in [-0.4, -0.2) is 37.6 Å². The summed E-state index contributed by atoms with van der Waals surface area (Å²) in [5.41, 5.74) is 0.421. The lowest BCUT2D eigenvalue weighted by atomic mass is 10.0. The summed E-state index contributed by atoms with van der Waals surface area (Å²) in [7, 11) is 0. The number of unbranched alkanes of at least 4 members (excludes halogenated alkanes) is 2. The van der Waals surface area contributed by atoms with E-state index in [1.165, 1.54) is 12.1 Å². The Morgan fingerprint density at radius 2 is 1.73 bits per heavy atom. The van der Waals surface area contributed by atoms with E-state index in [1.807, 2.05) is 0 Å². The summed E-state index contributed by atoms with van der Waals surface area (Å²) in [4.78, 5) is 2.47. The first-order valence-electron chi connectivity index (χ1n) is 8.07. The third-order valence-corrected chi connectivity index (χ3v) is 4.09. The lowest BCUT2D eigenvalue weighted by Gasteiger charge is -2.18. The molecule has 0 N–H and O–H groups in total. The van der Waals surface area contributed by atoms with Crippen LogP contribution in [0.1, 0.15) is 36.8 Å². The van der Waals surface area contributed by atoms with Crippen LogP contribution in [-0.2, 0) is 12.6 Å². The Morgan fingerprint density at radius 1 is 0.955 bits per heavy atom. The van der Waals surface area contributed by atoms with Gasteiger partial charge >= 0.3 is 6.18 Å². The first-order valence-corrected chi connectivity index (χ1v) is 8.07. The van der Waals surface area contributed by atoms with E-state index >= 15 is 0 Å². The fourth-order valence-electron chi connectivity index (χ4n) is 2.77. The lowest BCUT2D eigenvalue weighted by molar-refractivity contribution is -0.137. The maximum atomic E-state index is 12.5. The predicted octanol–water partition coefficient (Wildman–Crippen LogP) is 3.73. The van der Waals surface area contributed by atoms with Crippen molar-refractivity contribution in [1.82, 2.24) is 10.2 Å². The van der Waals surface area contributed by atoms with Crippen LogP contribution in [0.25, 0.3) is 0 Å². The molecule has 0 bridgehead atoms. The van der Waals surface area contributed by atoms with E-state index in [2.05, 4.69) is 10.2 Å². The zero-order valence-corrected chi connectivity index (χ0v) is 12.9. The Bertz CT molecular complexity index is 421. The molecule has 2 rings (SSSR count). The van der Waals surface area contributed by atoms with Gasteiger partial charge in [-0.15, -0.1) is 0 Å². The van der Waals surface area contributed by atoms with Gasteiger partial charge in [-0.1, -0.05) is 18.6 Å². The summed E-state index contributed by atoms with van der Waals surface area (Å²) >= 11 is 0. The Hall–Kier alpha value is -1.07. The molecule has 0 aromatic heterocycles. The molecule has 0 atom stereocenters. The van der Waals surface area contributed by atoms with E-state index < -0.39 is 11.7 Å². The molecule has 5 heteroatoms. The Labute approximate surface area is 130 Å². The molecule has 0 unspecified atom stereocenters. The van der Waals surface area contributed by atoms with Crippen LogP contribution in [0.3, 0.4) is 0 Å². The Balaban J connectivity index is 1.62. The molecule has 1 radical (unpaired) electrons. The third kappa shape index (κ3) is 5.97. The zero-order valence-electron chi connectivity index (χ0n) is 12.9. The SMILES string of the molecule is FC(F)(F)c1ccc(CCCCCN2CCC[N]CC2)cc1. The monoisotopic (exact) mass is 313 g/mol. The molecule has 123 valence electrons. The molecular formula is C17H24F3N2. The molecule has 1 aromatic rings. The second kappa shape index (κ2) is 8.53. The van der Waals surface area contributed by atoms with E-state index in [1.54, 1.807) is 12.1 Å². The van der Waals surface area contributed by atoms with Crippen molar-refractivity contribution in [2.45, 2.75) is 38.3 Å². The highest BCUT2D eigenvalue weighted by molar-refractivity contribution is 5.24. The standard InChI is InChI=1S/C17H24F3N2/c18-17(19,20)16-8-6-15(7-9-16)5-2-1-3-12-22-13-4-10-21-11-14-22/h6-9H,1-5,10-14H2. The molecule has 0 saturated carbocycles. The van der Waals surface area contributed by atoms with Crippen LogP contribution in [0.15, 0.2) is 24.3 Å². The zero-order chi connectivity index (χ0) is 15.8. The molecule has 22 heavy (non-hydrogen) atoms. The number of rotatable bonds is 6. The van der Waals surface area contributed by atoms with Gasteiger partial charge in [0.2, 0.25) is 0 Å². The first-order chi connectivity index (χ1) is 10.6. The van der Waals surface area contributed by atoms with E-state index in [9.17, 15) is 13.2 Å². The van der Waals surface area contributed by atoms with Crippen molar-refractivity contribution in [3.63, 3.8) is 0 Å². The van der Waals surface area contributed by atoms with Crippen molar-refractivity contribution in [1.29, 1.82) is 0 Å². The highest BCUT2D eigenvalue weighted by Gasteiger charge is 2.29. The summed E-state index contributed by atoms with van der Waals surface area (Å²) in [6.45, 7) is 5.26. The van der Waals surface area contributed by atoms with Gasteiger partial charge in [-0.2, -0.15) is 13.2 Å². The predicted molar refractivity (Wildman–Crippen MR) is 81.9 cm³/mol. The number of hydrogen-bond donors (Lipinski definition) is 0. The highest BCUT2D eigenvalue weighted by atomic mass is 19.4. The van der Waals surface area contributed by atoms with Crippen LogP contribution in [0.5, 0.6) is 0 Å². The molecule has 0 aliphatic carbocycles. The summed E-state index contributed by atoms with van der Waals surface area (Å²) in [5, 5.41) is 4.41. The smallest absolute Gasteiger partial charge is 0.302 e. The molecule has 2 nitrogen and oxygen atoms in total. The molecular weight excluding hydrogens is 289 g/mol. The van der Waals surface area contributed by atoms with Crippen LogP contribution in [0.2, 0.25) is 0 Å². The highest BCUT2D eigenvalue weighted by Crippen LogP contribution is 2.29. The largest absolute Gasteiger partial charge is 0.416 e. The second-order valence-corrected chi connectivity index (χ2v) is 5.87. The van der Waals surface area contributed by atoms with E-state index in [0.717, 1.165) is 70.4 Å². The summed E-state index contributed by atoms with van der Waals surface area (Å²) < 4.78 is 37.4. The van der Waals surface area contributed by atoms with E-state index in [4.69, 9.17) is 0 Å². The van der Waals surface area contributed by atoms with Crippen LogP contribution in [0.4, 0.5) is 13.2 Å². The van der Waals surface area contributed by atoms with Gasteiger partial charge < -0.3 is 4.90 Å².